The second kappa shape index (κ2) is 5.46. The lowest BCUT2D eigenvalue weighted by Gasteiger charge is -2.16. The summed E-state index contributed by atoms with van der Waals surface area (Å²) in [5.74, 6) is 0.980. The summed E-state index contributed by atoms with van der Waals surface area (Å²) in [6, 6.07) is 9.36. The molecule has 1 aromatic rings. The van der Waals surface area contributed by atoms with Gasteiger partial charge in [0, 0.05) is 30.0 Å². The zero-order chi connectivity index (χ0) is 14.0. The van der Waals surface area contributed by atoms with E-state index in [0.29, 0.717) is 19.1 Å². The first-order valence-electron chi connectivity index (χ1n) is 7.53. The van der Waals surface area contributed by atoms with E-state index in [2.05, 4.69) is 36.5 Å². The van der Waals surface area contributed by atoms with Crippen LogP contribution in [-0.4, -0.2) is 12.6 Å². The van der Waals surface area contributed by atoms with Gasteiger partial charge in [0.1, 0.15) is 5.75 Å². The van der Waals surface area contributed by atoms with Crippen molar-refractivity contribution in [3.8, 4) is 11.8 Å². The number of nitriles is 1. The van der Waals surface area contributed by atoms with Gasteiger partial charge in [-0.25, -0.2) is 0 Å². The third-order valence-corrected chi connectivity index (χ3v) is 4.32. The zero-order valence-electron chi connectivity index (χ0n) is 12.1. The molecule has 0 atom stereocenters. The van der Waals surface area contributed by atoms with Gasteiger partial charge in [-0.05, 0) is 38.7 Å². The lowest BCUT2D eigenvalue weighted by Crippen LogP contribution is -2.18. The van der Waals surface area contributed by atoms with Crippen LogP contribution in [0, 0.1) is 23.7 Å². The normalized spacial score (nSPS) is 19.4. The van der Waals surface area contributed by atoms with Gasteiger partial charge in [-0.1, -0.05) is 17.7 Å². The van der Waals surface area contributed by atoms with E-state index >= 15 is 0 Å². The third kappa shape index (κ3) is 3.32. The molecule has 3 heteroatoms. The van der Waals surface area contributed by atoms with Crippen molar-refractivity contribution in [1.82, 2.24) is 5.32 Å². The molecule has 106 valence electrons. The molecular weight excluding hydrogens is 248 g/mol. The third-order valence-electron chi connectivity index (χ3n) is 4.32. The maximum atomic E-state index is 8.87. The van der Waals surface area contributed by atoms with Crippen LogP contribution in [0.1, 0.15) is 43.2 Å². The van der Waals surface area contributed by atoms with Crippen molar-refractivity contribution >= 4 is 0 Å². The SMILES string of the molecule is Cc1ccc(OCC2(CC#N)CC2)c(CNC2CC2)c1. The standard InChI is InChI=1S/C17H22N2O/c1-13-2-5-16(14(10-13)11-19-15-3-4-15)20-12-17(6-7-17)8-9-18/h2,5,10,15,19H,3-4,6-8,11-12H2,1H3. The molecule has 2 fully saturated rings. The Hall–Kier alpha value is -1.53. The van der Waals surface area contributed by atoms with Crippen molar-refractivity contribution in [2.24, 2.45) is 5.41 Å². The summed E-state index contributed by atoms with van der Waals surface area (Å²) in [6.45, 7) is 3.68. The summed E-state index contributed by atoms with van der Waals surface area (Å²) in [5.41, 5.74) is 2.65. The van der Waals surface area contributed by atoms with Crippen molar-refractivity contribution in [2.45, 2.75) is 51.6 Å². The highest BCUT2D eigenvalue weighted by Gasteiger charge is 2.43. The van der Waals surface area contributed by atoms with Crippen LogP contribution in [0.25, 0.3) is 0 Å². The summed E-state index contributed by atoms with van der Waals surface area (Å²) in [5, 5.41) is 12.4. The van der Waals surface area contributed by atoms with Crippen LogP contribution in [0.2, 0.25) is 0 Å². The van der Waals surface area contributed by atoms with Crippen molar-refractivity contribution in [1.29, 1.82) is 5.26 Å². The minimum atomic E-state index is 0.140. The molecule has 0 aliphatic heterocycles. The number of rotatable bonds is 7. The van der Waals surface area contributed by atoms with Gasteiger partial charge in [0.05, 0.1) is 12.7 Å². The maximum absolute atomic E-state index is 8.87. The van der Waals surface area contributed by atoms with Crippen LogP contribution >= 0.6 is 0 Å². The molecule has 0 bridgehead atoms. The first kappa shape index (κ1) is 13.5. The number of benzene rings is 1. The Morgan fingerprint density at radius 1 is 1.40 bits per heavy atom. The minimum absolute atomic E-state index is 0.140. The summed E-state index contributed by atoms with van der Waals surface area (Å²) >= 11 is 0. The summed E-state index contributed by atoms with van der Waals surface area (Å²) < 4.78 is 6.03. The fourth-order valence-electron chi connectivity index (χ4n) is 2.48. The summed E-state index contributed by atoms with van der Waals surface area (Å²) in [6.07, 6.45) is 5.47. The van der Waals surface area contributed by atoms with E-state index in [4.69, 9.17) is 10.00 Å². The van der Waals surface area contributed by atoms with E-state index in [9.17, 15) is 0 Å². The maximum Gasteiger partial charge on any atom is 0.123 e. The van der Waals surface area contributed by atoms with Crippen molar-refractivity contribution in [2.75, 3.05) is 6.61 Å². The first-order valence-corrected chi connectivity index (χ1v) is 7.53. The van der Waals surface area contributed by atoms with Gasteiger partial charge in [0.2, 0.25) is 0 Å². The number of nitrogens with zero attached hydrogens (tertiary/aromatic N) is 1. The molecule has 3 rings (SSSR count). The number of nitrogens with one attached hydrogen (secondary N) is 1. The van der Waals surface area contributed by atoms with Crippen LogP contribution in [0.15, 0.2) is 18.2 Å². The fourth-order valence-corrected chi connectivity index (χ4v) is 2.48. The van der Waals surface area contributed by atoms with Gasteiger partial charge in [0.15, 0.2) is 0 Å². The van der Waals surface area contributed by atoms with E-state index in [0.717, 1.165) is 25.1 Å². The van der Waals surface area contributed by atoms with Crippen LogP contribution in [0.4, 0.5) is 0 Å². The Labute approximate surface area is 120 Å². The average molecular weight is 270 g/mol. The molecule has 0 saturated heterocycles. The number of hydrogen-bond donors (Lipinski definition) is 1. The first-order chi connectivity index (χ1) is 9.71. The second-order valence-electron chi connectivity index (χ2n) is 6.39. The number of aryl methyl sites for hydroxylation is 1. The molecule has 0 amide bonds. The highest BCUT2D eigenvalue weighted by atomic mass is 16.5. The lowest BCUT2D eigenvalue weighted by atomic mass is 10.1. The number of hydrogen-bond acceptors (Lipinski definition) is 3. The summed E-state index contributed by atoms with van der Waals surface area (Å²) in [7, 11) is 0. The van der Waals surface area contributed by atoms with Crippen LogP contribution < -0.4 is 10.1 Å². The zero-order valence-corrected chi connectivity index (χ0v) is 12.1. The highest BCUT2D eigenvalue weighted by molar-refractivity contribution is 5.37. The van der Waals surface area contributed by atoms with Gasteiger partial charge < -0.3 is 10.1 Å². The van der Waals surface area contributed by atoms with Gasteiger partial charge in [0.25, 0.3) is 0 Å². The molecular formula is C17H22N2O. The van der Waals surface area contributed by atoms with Gasteiger partial charge >= 0.3 is 0 Å². The number of ether oxygens (including phenoxy) is 1. The Morgan fingerprint density at radius 2 is 2.20 bits per heavy atom. The van der Waals surface area contributed by atoms with Crippen LogP contribution in [0.3, 0.4) is 0 Å². The van der Waals surface area contributed by atoms with Gasteiger partial charge in [-0.15, -0.1) is 0 Å². The molecule has 0 heterocycles. The molecule has 3 nitrogen and oxygen atoms in total. The smallest absolute Gasteiger partial charge is 0.123 e. The predicted octanol–water partition coefficient (Wildman–Crippen LogP) is 3.32. The molecule has 0 spiro atoms. The monoisotopic (exact) mass is 270 g/mol. The van der Waals surface area contributed by atoms with E-state index < -0.39 is 0 Å². The largest absolute Gasteiger partial charge is 0.493 e. The topological polar surface area (TPSA) is 45.0 Å². The van der Waals surface area contributed by atoms with Gasteiger partial charge in [-0.2, -0.15) is 5.26 Å². The van der Waals surface area contributed by atoms with Crippen molar-refractivity contribution in [3.63, 3.8) is 0 Å². The van der Waals surface area contributed by atoms with E-state index in [1.54, 1.807) is 0 Å². The van der Waals surface area contributed by atoms with Crippen molar-refractivity contribution in [3.05, 3.63) is 29.3 Å². The molecule has 0 unspecified atom stereocenters. The second-order valence-corrected chi connectivity index (χ2v) is 6.39. The molecule has 2 saturated carbocycles. The van der Waals surface area contributed by atoms with E-state index in [1.807, 2.05) is 0 Å². The van der Waals surface area contributed by atoms with E-state index in [-0.39, 0.29) is 5.41 Å². The van der Waals surface area contributed by atoms with E-state index in [1.165, 1.54) is 24.0 Å². The fraction of sp³-hybridized carbons (Fsp3) is 0.588. The van der Waals surface area contributed by atoms with Crippen LogP contribution in [0.5, 0.6) is 5.75 Å². The highest BCUT2D eigenvalue weighted by Crippen LogP contribution is 2.48. The Morgan fingerprint density at radius 3 is 2.85 bits per heavy atom. The Kier molecular flexibility index (Phi) is 3.67. The quantitative estimate of drug-likeness (QED) is 0.826. The molecule has 0 aromatic heterocycles. The minimum Gasteiger partial charge on any atom is -0.493 e. The molecule has 2 aliphatic carbocycles. The molecule has 0 radical (unpaired) electrons. The Balaban J connectivity index is 1.63. The van der Waals surface area contributed by atoms with Gasteiger partial charge in [-0.3, -0.25) is 0 Å². The molecule has 20 heavy (non-hydrogen) atoms. The summed E-state index contributed by atoms with van der Waals surface area (Å²) in [4.78, 5) is 0. The van der Waals surface area contributed by atoms with Crippen LogP contribution in [-0.2, 0) is 6.54 Å². The van der Waals surface area contributed by atoms with Crippen molar-refractivity contribution < 1.29 is 4.74 Å². The molecule has 2 aliphatic rings. The molecule has 1 N–H and O–H groups in total. The average Bonchev–Trinajstić information content (AvgIpc) is 3.32. The molecule has 1 aromatic carbocycles. The Bertz CT molecular complexity index is 524. The predicted molar refractivity (Wildman–Crippen MR) is 78.4 cm³/mol. The lowest BCUT2D eigenvalue weighted by molar-refractivity contribution is 0.234.